The van der Waals surface area contributed by atoms with Crippen LogP contribution in [-0.2, 0) is 11.3 Å². The molecule has 1 saturated heterocycles. The number of benzene rings is 2. The number of nitrogens with one attached hydrogen (secondary N) is 1. The summed E-state index contributed by atoms with van der Waals surface area (Å²) in [5.74, 6) is 0.465. The zero-order chi connectivity index (χ0) is 26.8. The number of carbonyl (C=O) groups excluding carboxylic acids is 2. The third-order valence-corrected chi connectivity index (χ3v) is 7.79. The first kappa shape index (κ1) is 25.8. The van der Waals surface area contributed by atoms with Gasteiger partial charge in [-0.2, -0.15) is 0 Å². The van der Waals surface area contributed by atoms with Gasteiger partial charge in [-0.1, -0.05) is 30.3 Å². The zero-order valence-corrected chi connectivity index (χ0v) is 22.7. The lowest BCUT2D eigenvalue weighted by molar-refractivity contribution is -0.130. The van der Waals surface area contributed by atoms with E-state index in [1.807, 2.05) is 16.7 Å². The Morgan fingerprint density at radius 3 is 2.53 bits per heavy atom. The van der Waals surface area contributed by atoms with Crippen molar-refractivity contribution in [2.24, 2.45) is 5.92 Å². The predicted octanol–water partition coefficient (Wildman–Crippen LogP) is 4.04. The molecule has 2 unspecified atom stereocenters. The van der Waals surface area contributed by atoms with E-state index in [1.165, 1.54) is 7.11 Å². The van der Waals surface area contributed by atoms with E-state index in [1.54, 1.807) is 66.6 Å². The molecule has 3 aromatic rings. The fourth-order valence-corrected chi connectivity index (χ4v) is 5.86. The number of carbonyl (C=O) groups is 2. The number of hydrogen-bond donors (Lipinski definition) is 1. The number of pyridine rings is 1. The molecule has 2 amide bonds. The van der Waals surface area contributed by atoms with Crippen LogP contribution < -0.4 is 20.3 Å². The van der Waals surface area contributed by atoms with Crippen molar-refractivity contribution in [1.29, 1.82) is 0 Å². The van der Waals surface area contributed by atoms with Crippen LogP contribution in [0.4, 0.5) is 0 Å². The number of methoxy groups -OCH3 is 2. The Morgan fingerprint density at radius 2 is 1.76 bits per heavy atom. The lowest BCUT2D eigenvalue weighted by atomic mass is 9.83. The van der Waals surface area contributed by atoms with Crippen LogP contribution in [0.5, 0.6) is 11.5 Å². The summed E-state index contributed by atoms with van der Waals surface area (Å²) in [5.41, 5.74) is 2.07. The molecule has 0 radical (unpaired) electrons. The van der Waals surface area contributed by atoms with E-state index in [9.17, 15) is 14.4 Å². The number of amides is 2. The first-order valence-corrected chi connectivity index (χ1v) is 13.2. The molecule has 2 aliphatic rings. The second-order valence-electron chi connectivity index (χ2n) is 9.48. The second kappa shape index (κ2) is 10.9. The highest BCUT2D eigenvalue weighted by atomic mass is 79.9. The summed E-state index contributed by atoms with van der Waals surface area (Å²) >= 11 is 3.42. The summed E-state index contributed by atoms with van der Waals surface area (Å²) in [5, 5.41) is 2.85. The minimum absolute atomic E-state index is 0.0108. The molecular formula is C29H28BrN3O5. The van der Waals surface area contributed by atoms with Crippen LogP contribution in [0.15, 0.2) is 75.6 Å². The van der Waals surface area contributed by atoms with Gasteiger partial charge in [-0.05, 0) is 58.6 Å². The monoisotopic (exact) mass is 577 g/mol. The summed E-state index contributed by atoms with van der Waals surface area (Å²) in [6, 6.07) is 17.7. The van der Waals surface area contributed by atoms with E-state index in [2.05, 4.69) is 21.2 Å². The number of rotatable bonds is 6. The molecule has 38 heavy (non-hydrogen) atoms. The summed E-state index contributed by atoms with van der Waals surface area (Å²) in [6.07, 6.45) is 2.54. The molecule has 0 aliphatic carbocycles. The number of fused-ring (bicyclic) bond motifs is 4. The maximum Gasteiger partial charge on any atom is 0.270 e. The normalized spacial score (nSPS) is 18.4. The molecule has 9 heteroatoms. The van der Waals surface area contributed by atoms with E-state index in [0.29, 0.717) is 46.7 Å². The van der Waals surface area contributed by atoms with Gasteiger partial charge in [0.15, 0.2) is 11.5 Å². The third kappa shape index (κ3) is 4.98. The number of halogens is 1. The van der Waals surface area contributed by atoms with E-state index >= 15 is 0 Å². The van der Waals surface area contributed by atoms with Crippen LogP contribution >= 0.6 is 15.9 Å². The number of aromatic nitrogens is 1. The highest BCUT2D eigenvalue weighted by molar-refractivity contribution is 9.10. The Bertz CT molecular complexity index is 1480. The smallest absolute Gasteiger partial charge is 0.270 e. The molecular weight excluding hydrogens is 550 g/mol. The largest absolute Gasteiger partial charge is 0.493 e. The van der Waals surface area contributed by atoms with Crippen molar-refractivity contribution in [3.63, 3.8) is 0 Å². The summed E-state index contributed by atoms with van der Waals surface area (Å²) in [6.45, 7) is 1.52. The molecule has 1 N–H and O–H groups in total. The topological polar surface area (TPSA) is 89.9 Å². The highest BCUT2D eigenvalue weighted by Crippen LogP contribution is 2.36. The second-order valence-corrected chi connectivity index (χ2v) is 10.3. The van der Waals surface area contributed by atoms with Crippen molar-refractivity contribution in [3.8, 4) is 11.5 Å². The van der Waals surface area contributed by atoms with Crippen molar-refractivity contribution in [2.75, 3.05) is 27.3 Å². The van der Waals surface area contributed by atoms with Gasteiger partial charge in [-0.15, -0.1) is 0 Å². The standard InChI is InChI=1S/C29H28BrN3O5/c1-37-25-11-5-7-19(27(25)38-2)14-23(31-28(35)21-8-3-4-9-22(21)30)29(36)32-15-18-13-20(17-32)24-10-6-12-26(34)33(24)16-18/h3-12,14,18,20H,13,15-17H2,1-2H3,(H,31,35)/b23-14-. The summed E-state index contributed by atoms with van der Waals surface area (Å²) in [7, 11) is 3.07. The molecule has 196 valence electrons. The van der Waals surface area contributed by atoms with E-state index in [-0.39, 0.29) is 29.0 Å². The molecule has 0 spiro atoms. The summed E-state index contributed by atoms with van der Waals surface area (Å²) in [4.78, 5) is 41.5. The van der Waals surface area contributed by atoms with Crippen molar-refractivity contribution < 1.29 is 19.1 Å². The molecule has 3 heterocycles. The molecule has 0 saturated carbocycles. The molecule has 8 nitrogen and oxygen atoms in total. The number of para-hydroxylation sites is 1. The molecule has 2 bridgehead atoms. The fourth-order valence-electron chi connectivity index (χ4n) is 5.40. The number of likely N-dealkylation sites (tertiary alicyclic amines) is 1. The lowest BCUT2D eigenvalue weighted by Gasteiger charge is -2.43. The Hall–Kier alpha value is -3.85. The fraction of sp³-hybridized carbons (Fsp3) is 0.276. The van der Waals surface area contributed by atoms with Gasteiger partial charge >= 0.3 is 0 Å². The Morgan fingerprint density at radius 1 is 0.974 bits per heavy atom. The van der Waals surface area contributed by atoms with Crippen molar-refractivity contribution in [2.45, 2.75) is 18.9 Å². The number of ether oxygens (including phenoxy) is 2. The van der Waals surface area contributed by atoms with E-state index < -0.39 is 5.91 Å². The zero-order valence-electron chi connectivity index (χ0n) is 21.1. The number of piperidine rings is 1. The minimum Gasteiger partial charge on any atom is -0.493 e. The predicted molar refractivity (Wildman–Crippen MR) is 147 cm³/mol. The van der Waals surface area contributed by atoms with Gasteiger partial charge in [0, 0.05) is 47.3 Å². The highest BCUT2D eigenvalue weighted by Gasteiger charge is 2.37. The van der Waals surface area contributed by atoms with Crippen LogP contribution in [0.1, 0.15) is 34.0 Å². The average molecular weight is 578 g/mol. The maximum atomic E-state index is 14.0. The number of hydrogen-bond acceptors (Lipinski definition) is 5. The Labute approximate surface area is 229 Å². The van der Waals surface area contributed by atoms with Crippen LogP contribution in [0.3, 0.4) is 0 Å². The van der Waals surface area contributed by atoms with Gasteiger partial charge < -0.3 is 24.3 Å². The maximum absolute atomic E-state index is 14.0. The number of nitrogens with zero attached hydrogens (tertiary/aromatic N) is 2. The van der Waals surface area contributed by atoms with Gasteiger partial charge in [-0.3, -0.25) is 14.4 Å². The van der Waals surface area contributed by atoms with Crippen LogP contribution in [0.2, 0.25) is 0 Å². The lowest BCUT2D eigenvalue weighted by Crippen LogP contribution is -2.50. The van der Waals surface area contributed by atoms with Crippen LogP contribution in [0, 0.1) is 5.92 Å². The minimum atomic E-state index is -0.409. The van der Waals surface area contributed by atoms with Gasteiger partial charge in [0.25, 0.3) is 17.4 Å². The van der Waals surface area contributed by atoms with Crippen LogP contribution in [-0.4, -0.2) is 48.6 Å². The van der Waals surface area contributed by atoms with Crippen molar-refractivity contribution >= 4 is 33.8 Å². The van der Waals surface area contributed by atoms with E-state index in [0.717, 1.165) is 12.1 Å². The molecule has 2 aromatic carbocycles. The average Bonchev–Trinajstić information content (AvgIpc) is 2.92. The molecule has 1 fully saturated rings. The first-order valence-electron chi connectivity index (χ1n) is 12.4. The van der Waals surface area contributed by atoms with Crippen molar-refractivity contribution in [1.82, 2.24) is 14.8 Å². The molecule has 2 atom stereocenters. The van der Waals surface area contributed by atoms with Gasteiger partial charge in [0.1, 0.15) is 5.70 Å². The van der Waals surface area contributed by atoms with Gasteiger partial charge in [0.05, 0.1) is 19.8 Å². The third-order valence-electron chi connectivity index (χ3n) is 7.10. The van der Waals surface area contributed by atoms with Gasteiger partial charge in [0.2, 0.25) is 0 Å². The van der Waals surface area contributed by atoms with Crippen LogP contribution in [0.25, 0.3) is 6.08 Å². The quantitative estimate of drug-likeness (QED) is 0.446. The van der Waals surface area contributed by atoms with E-state index in [4.69, 9.17) is 9.47 Å². The van der Waals surface area contributed by atoms with Gasteiger partial charge in [-0.25, -0.2) is 0 Å². The summed E-state index contributed by atoms with van der Waals surface area (Å²) < 4.78 is 13.4. The molecule has 5 rings (SSSR count). The molecule has 2 aliphatic heterocycles. The molecule has 1 aromatic heterocycles. The Balaban J connectivity index is 1.51. The van der Waals surface area contributed by atoms with Crippen molar-refractivity contribution in [3.05, 3.63) is 98.0 Å². The SMILES string of the molecule is COc1cccc(/C=C(\NC(=O)c2ccccc2Br)C(=O)N2CC3CC(C2)c2cccc(=O)n2C3)c1OC. The Kier molecular flexibility index (Phi) is 7.37. The first-order chi connectivity index (χ1) is 18.4.